The van der Waals surface area contributed by atoms with E-state index >= 15 is 0 Å². The Bertz CT molecular complexity index is 996. The number of amides is 1. The molecule has 5 nitrogen and oxygen atoms in total. The quantitative estimate of drug-likeness (QED) is 0.708. The van der Waals surface area contributed by atoms with Crippen molar-refractivity contribution in [3.8, 4) is 6.07 Å². The second kappa shape index (κ2) is 5.23. The Morgan fingerprint density at radius 2 is 2.04 bits per heavy atom. The number of rotatable bonds is 2. The van der Waals surface area contributed by atoms with Crippen molar-refractivity contribution in [1.29, 1.82) is 5.26 Å². The van der Waals surface area contributed by atoms with Crippen LogP contribution in [0.25, 0.3) is 15.8 Å². The van der Waals surface area contributed by atoms with E-state index in [1.54, 1.807) is 36.0 Å². The normalized spacial score (nSPS) is 14.6. The lowest BCUT2D eigenvalue weighted by molar-refractivity contribution is -0.110. The van der Waals surface area contributed by atoms with Gasteiger partial charge in [0, 0.05) is 17.5 Å². The number of hydrogen-bond acceptors (Lipinski definition) is 5. The first-order valence-corrected chi connectivity index (χ1v) is 7.79. The average Bonchev–Trinajstić information content (AvgIpc) is 3.16. The Balaban J connectivity index is 1.73. The van der Waals surface area contributed by atoms with Crippen molar-refractivity contribution < 1.29 is 4.79 Å². The zero-order valence-electron chi connectivity index (χ0n) is 11.8. The number of benzene rings is 2. The number of thiazole rings is 1. The molecule has 0 atom stereocenters. The van der Waals surface area contributed by atoms with E-state index < -0.39 is 0 Å². The van der Waals surface area contributed by atoms with Gasteiger partial charge in [0.2, 0.25) is 0 Å². The molecule has 0 unspecified atom stereocenters. The summed E-state index contributed by atoms with van der Waals surface area (Å²) in [4.78, 5) is 16.5. The highest BCUT2D eigenvalue weighted by atomic mass is 32.1. The van der Waals surface area contributed by atoms with Crippen molar-refractivity contribution in [3.63, 3.8) is 0 Å². The van der Waals surface area contributed by atoms with Gasteiger partial charge in [-0.25, -0.2) is 4.98 Å². The highest BCUT2D eigenvalue weighted by molar-refractivity contribution is 7.17. The average molecular weight is 318 g/mol. The van der Waals surface area contributed by atoms with Gasteiger partial charge in [-0.3, -0.25) is 4.79 Å². The van der Waals surface area contributed by atoms with Crippen LogP contribution in [0.4, 0.5) is 11.4 Å². The lowest BCUT2D eigenvalue weighted by Gasteiger charge is -2.03. The van der Waals surface area contributed by atoms with Gasteiger partial charge >= 0.3 is 0 Å². The highest BCUT2D eigenvalue weighted by Gasteiger charge is 2.27. The number of aromatic nitrogens is 1. The van der Waals surface area contributed by atoms with Crippen LogP contribution in [-0.2, 0) is 4.79 Å². The van der Waals surface area contributed by atoms with E-state index in [9.17, 15) is 4.79 Å². The third kappa shape index (κ3) is 2.24. The molecule has 23 heavy (non-hydrogen) atoms. The molecule has 0 spiro atoms. The predicted octanol–water partition coefficient (Wildman–Crippen LogP) is 3.57. The molecule has 1 aliphatic heterocycles. The fourth-order valence-corrected chi connectivity index (χ4v) is 3.39. The summed E-state index contributed by atoms with van der Waals surface area (Å²) < 4.78 is 0.994. The molecule has 0 saturated carbocycles. The smallest absolute Gasteiger partial charge is 0.257 e. The van der Waals surface area contributed by atoms with Crippen LogP contribution in [0.15, 0.2) is 48.1 Å². The van der Waals surface area contributed by atoms with Crippen LogP contribution < -0.4 is 10.6 Å². The Kier molecular flexibility index (Phi) is 3.07. The number of nitrogens with zero attached hydrogens (tertiary/aromatic N) is 2. The van der Waals surface area contributed by atoms with Gasteiger partial charge in [-0.05, 0) is 36.4 Å². The minimum atomic E-state index is -0.137. The molecule has 0 aliphatic carbocycles. The summed E-state index contributed by atoms with van der Waals surface area (Å²) in [5, 5.41) is 14.8. The molecule has 0 bridgehead atoms. The monoisotopic (exact) mass is 318 g/mol. The van der Waals surface area contributed by atoms with Crippen molar-refractivity contribution >= 4 is 44.4 Å². The maximum Gasteiger partial charge on any atom is 0.257 e. The van der Waals surface area contributed by atoms with Crippen molar-refractivity contribution in [2.24, 2.45) is 0 Å². The predicted molar refractivity (Wildman–Crippen MR) is 91.0 cm³/mol. The molecule has 4 rings (SSSR count). The van der Waals surface area contributed by atoms with Crippen LogP contribution in [0.2, 0.25) is 0 Å². The highest BCUT2D eigenvalue weighted by Crippen LogP contribution is 2.39. The van der Waals surface area contributed by atoms with Gasteiger partial charge in [-0.1, -0.05) is 0 Å². The van der Waals surface area contributed by atoms with Crippen LogP contribution in [0.5, 0.6) is 0 Å². The molecule has 0 radical (unpaired) electrons. The fraction of sp³-hybridized carbons (Fsp3) is 0. The third-order valence-corrected chi connectivity index (χ3v) is 4.52. The summed E-state index contributed by atoms with van der Waals surface area (Å²) in [5.74, 6) is -0.137. The number of hydrogen-bond donors (Lipinski definition) is 2. The second-order valence-electron chi connectivity index (χ2n) is 5.03. The Morgan fingerprint density at radius 1 is 1.22 bits per heavy atom. The second-order valence-corrected chi connectivity index (χ2v) is 5.89. The van der Waals surface area contributed by atoms with Crippen molar-refractivity contribution in [2.45, 2.75) is 0 Å². The number of nitriles is 1. The van der Waals surface area contributed by atoms with Crippen LogP contribution in [0.1, 0.15) is 11.1 Å². The molecule has 0 saturated heterocycles. The minimum absolute atomic E-state index is 0.137. The number of nitrogens with one attached hydrogen (secondary N) is 2. The molecular formula is C17H10N4OS. The number of carbonyl (C=O) groups excluding carboxylic acids is 1. The molecule has 2 heterocycles. The van der Waals surface area contributed by atoms with Gasteiger partial charge in [0.05, 0.1) is 38.6 Å². The number of fused-ring (bicyclic) bond motifs is 3. The summed E-state index contributed by atoms with van der Waals surface area (Å²) in [6.07, 6.45) is 1.70. The zero-order valence-corrected chi connectivity index (χ0v) is 12.6. The van der Waals surface area contributed by atoms with Crippen LogP contribution in [0, 0.1) is 11.3 Å². The van der Waals surface area contributed by atoms with E-state index in [-0.39, 0.29) is 5.91 Å². The van der Waals surface area contributed by atoms with Crippen LogP contribution in [0.3, 0.4) is 0 Å². The SMILES string of the molecule is N#Cc1ccc(NC=C2C(=O)Nc3ccc4ncsc4c32)cc1. The van der Waals surface area contributed by atoms with Crippen molar-refractivity contribution in [1.82, 2.24) is 4.98 Å². The van der Waals surface area contributed by atoms with Crippen molar-refractivity contribution in [2.75, 3.05) is 10.6 Å². The van der Waals surface area contributed by atoms with Gasteiger partial charge in [-0.2, -0.15) is 5.26 Å². The minimum Gasteiger partial charge on any atom is -0.361 e. The first-order valence-electron chi connectivity index (χ1n) is 6.91. The summed E-state index contributed by atoms with van der Waals surface area (Å²) in [5.41, 5.74) is 6.34. The van der Waals surface area contributed by atoms with Gasteiger partial charge in [0.15, 0.2) is 0 Å². The lowest BCUT2D eigenvalue weighted by atomic mass is 10.1. The van der Waals surface area contributed by atoms with Gasteiger partial charge < -0.3 is 10.6 Å². The molecule has 6 heteroatoms. The van der Waals surface area contributed by atoms with E-state index in [0.29, 0.717) is 11.1 Å². The molecule has 2 aromatic carbocycles. The number of anilines is 2. The zero-order chi connectivity index (χ0) is 15.8. The summed E-state index contributed by atoms with van der Waals surface area (Å²) >= 11 is 1.52. The molecule has 1 amide bonds. The maximum atomic E-state index is 12.2. The molecule has 1 aromatic heterocycles. The molecule has 0 fully saturated rings. The molecule has 110 valence electrons. The van der Waals surface area contributed by atoms with E-state index in [1.165, 1.54) is 11.3 Å². The first kappa shape index (κ1) is 13.5. The van der Waals surface area contributed by atoms with Gasteiger partial charge in [0.1, 0.15) is 0 Å². The Hall–Kier alpha value is -3.17. The molecule has 1 aliphatic rings. The van der Waals surface area contributed by atoms with Crippen LogP contribution >= 0.6 is 11.3 Å². The Labute approximate surface area is 135 Å². The number of carbonyl (C=O) groups is 1. The largest absolute Gasteiger partial charge is 0.361 e. The Morgan fingerprint density at radius 3 is 2.83 bits per heavy atom. The van der Waals surface area contributed by atoms with E-state index in [1.807, 2.05) is 12.1 Å². The summed E-state index contributed by atoms with van der Waals surface area (Å²) in [6.45, 7) is 0. The lowest BCUT2D eigenvalue weighted by Crippen LogP contribution is -2.05. The first-order chi connectivity index (χ1) is 11.3. The maximum absolute atomic E-state index is 12.2. The topological polar surface area (TPSA) is 77.8 Å². The third-order valence-electron chi connectivity index (χ3n) is 3.66. The molecular weight excluding hydrogens is 308 g/mol. The van der Waals surface area contributed by atoms with Crippen molar-refractivity contribution in [3.05, 3.63) is 59.2 Å². The van der Waals surface area contributed by atoms with Crippen LogP contribution in [-0.4, -0.2) is 10.9 Å². The standard InChI is InChI=1S/C17H10N4OS/c18-7-10-1-3-11(4-2-10)19-8-12-15-13(21-17(12)22)5-6-14-16(15)23-9-20-14/h1-6,8-9,19H,(H,21,22). The van der Waals surface area contributed by atoms with E-state index in [0.717, 1.165) is 27.2 Å². The summed E-state index contributed by atoms with van der Waals surface area (Å²) in [6, 6.07) is 12.9. The van der Waals surface area contributed by atoms with E-state index in [4.69, 9.17) is 5.26 Å². The molecule has 3 aromatic rings. The molecule has 2 N–H and O–H groups in total. The van der Waals surface area contributed by atoms with Gasteiger partial charge in [0.25, 0.3) is 5.91 Å². The van der Waals surface area contributed by atoms with Gasteiger partial charge in [-0.15, -0.1) is 11.3 Å². The fourth-order valence-electron chi connectivity index (χ4n) is 2.54. The van der Waals surface area contributed by atoms with E-state index in [2.05, 4.69) is 21.7 Å². The summed E-state index contributed by atoms with van der Waals surface area (Å²) in [7, 11) is 0.